The van der Waals surface area contributed by atoms with Crippen LogP contribution in [-0.2, 0) is 9.22 Å². The topological polar surface area (TPSA) is 38.7 Å². The Morgan fingerprint density at radius 1 is 1.16 bits per heavy atom. The molecule has 1 atom stereocenters. The quantitative estimate of drug-likeness (QED) is 0.281. The molecule has 4 heteroatoms. The van der Waals surface area contributed by atoms with E-state index in [-0.39, 0.29) is 5.04 Å². The van der Waals surface area contributed by atoms with Crippen molar-refractivity contribution in [3.63, 3.8) is 0 Å². The third-order valence-corrected chi connectivity index (χ3v) is 8.66. The molecule has 0 aliphatic rings. The lowest BCUT2D eigenvalue weighted by atomic mass is 9.96. The first kappa shape index (κ1) is 18.6. The first-order valence-corrected chi connectivity index (χ1v) is 10.2. The van der Waals surface area contributed by atoms with Gasteiger partial charge >= 0.3 is 0 Å². The molecule has 0 aliphatic carbocycles. The highest BCUT2D eigenvalue weighted by Crippen LogP contribution is 2.37. The molecule has 0 amide bonds. The fourth-order valence-electron chi connectivity index (χ4n) is 1.58. The lowest BCUT2D eigenvalue weighted by Gasteiger charge is -2.38. The van der Waals surface area contributed by atoms with Crippen molar-refractivity contribution in [3.8, 4) is 0 Å². The van der Waals surface area contributed by atoms with Crippen molar-refractivity contribution in [2.75, 3.05) is 6.61 Å². The molecule has 0 rings (SSSR count). The predicted molar refractivity (Wildman–Crippen MR) is 83.8 cm³/mol. The summed E-state index contributed by atoms with van der Waals surface area (Å²) in [7, 11) is -1.78. The van der Waals surface area contributed by atoms with Crippen LogP contribution in [0.15, 0.2) is 4.99 Å². The third kappa shape index (κ3) is 6.51. The third-order valence-electron chi connectivity index (χ3n) is 4.18. The van der Waals surface area contributed by atoms with Gasteiger partial charge in [0.1, 0.15) is 0 Å². The molecule has 0 fully saturated rings. The minimum Gasteiger partial charge on any atom is -0.414 e. The summed E-state index contributed by atoms with van der Waals surface area (Å²) in [6.07, 6.45) is 6.04. The Balaban J connectivity index is 4.63. The van der Waals surface area contributed by atoms with Gasteiger partial charge in [-0.1, -0.05) is 47.0 Å². The molecular weight excluding hydrogens is 254 g/mol. The maximum atomic E-state index is 10.6. The maximum absolute atomic E-state index is 10.6. The van der Waals surface area contributed by atoms with Gasteiger partial charge in [0.05, 0.1) is 12.1 Å². The zero-order chi connectivity index (χ0) is 15.2. The molecule has 0 aromatic rings. The van der Waals surface area contributed by atoms with E-state index in [1.807, 2.05) is 6.92 Å². The SMILES string of the molecule is CCCCC[C@@](C)(CO[Si](C)(C)C(C)(C)C)N=C=O. The normalized spacial score (nSPS) is 15.7. The number of aliphatic imine (C=N–C) groups is 1. The smallest absolute Gasteiger partial charge is 0.235 e. The summed E-state index contributed by atoms with van der Waals surface area (Å²) in [6.45, 7) is 15.8. The molecule has 0 N–H and O–H groups in total. The van der Waals surface area contributed by atoms with Gasteiger partial charge < -0.3 is 4.43 Å². The second-order valence-electron chi connectivity index (χ2n) is 7.21. The van der Waals surface area contributed by atoms with Crippen LogP contribution in [0.5, 0.6) is 0 Å². The van der Waals surface area contributed by atoms with Crippen LogP contribution in [0.1, 0.15) is 60.3 Å². The molecule has 0 saturated heterocycles. The van der Waals surface area contributed by atoms with E-state index in [2.05, 4.69) is 45.8 Å². The van der Waals surface area contributed by atoms with E-state index in [0.29, 0.717) is 6.61 Å². The molecule has 0 heterocycles. The molecule has 0 aromatic carbocycles. The Morgan fingerprint density at radius 2 is 1.74 bits per heavy atom. The molecule has 112 valence electrons. The summed E-state index contributed by atoms with van der Waals surface area (Å²) < 4.78 is 6.21. The van der Waals surface area contributed by atoms with Gasteiger partial charge in [-0.2, -0.15) is 4.99 Å². The van der Waals surface area contributed by atoms with Crippen molar-refractivity contribution in [2.45, 2.75) is 84.0 Å². The van der Waals surface area contributed by atoms with E-state index >= 15 is 0 Å². The van der Waals surface area contributed by atoms with Gasteiger partial charge in [0.15, 0.2) is 8.32 Å². The second kappa shape index (κ2) is 7.37. The number of hydrogen-bond donors (Lipinski definition) is 0. The Bertz CT molecular complexity index is 317. The fourth-order valence-corrected chi connectivity index (χ4v) is 2.68. The van der Waals surface area contributed by atoms with Crippen LogP contribution in [0.3, 0.4) is 0 Å². The Hall–Kier alpha value is -0.443. The molecule has 0 bridgehead atoms. The monoisotopic (exact) mass is 285 g/mol. The summed E-state index contributed by atoms with van der Waals surface area (Å²) in [6, 6.07) is 0. The lowest BCUT2D eigenvalue weighted by Crippen LogP contribution is -2.44. The number of rotatable bonds is 8. The van der Waals surface area contributed by atoms with E-state index in [9.17, 15) is 4.79 Å². The highest BCUT2D eigenvalue weighted by molar-refractivity contribution is 6.74. The van der Waals surface area contributed by atoms with Crippen LogP contribution in [0.2, 0.25) is 18.1 Å². The van der Waals surface area contributed by atoms with E-state index in [0.717, 1.165) is 12.8 Å². The van der Waals surface area contributed by atoms with Gasteiger partial charge in [-0.05, 0) is 31.5 Å². The van der Waals surface area contributed by atoms with Crippen LogP contribution < -0.4 is 0 Å². The minimum atomic E-state index is -1.78. The summed E-state index contributed by atoms with van der Waals surface area (Å²) in [4.78, 5) is 14.6. The zero-order valence-electron chi connectivity index (χ0n) is 13.8. The number of nitrogens with zero attached hydrogens (tertiary/aromatic N) is 1. The Labute approximate surface area is 120 Å². The van der Waals surface area contributed by atoms with Crippen molar-refractivity contribution >= 4 is 14.4 Å². The van der Waals surface area contributed by atoms with Gasteiger partial charge in [0.2, 0.25) is 6.08 Å². The molecule has 0 saturated carbocycles. The molecule has 0 spiro atoms. The van der Waals surface area contributed by atoms with E-state index in [4.69, 9.17) is 4.43 Å². The maximum Gasteiger partial charge on any atom is 0.235 e. The molecule has 19 heavy (non-hydrogen) atoms. The van der Waals surface area contributed by atoms with Crippen molar-refractivity contribution in [1.82, 2.24) is 0 Å². The molecular formula is C15H31NO2Si. The van der Waals surface area contributed by atoms with Crippen molar-refractivity contribution in [3.05, 3.63) is 0 Å². The van der Waals surface area contributed by atoms with Crippen LogP contribution >= 0.6 is 0 Å². The second-order valence-corrected chi connectivity index (χ2v) is 12.0. The highest BCUT2D eigenvalue weighted by Gasteiger charge is 2.39. The summed E-state index contributed by atoms with van der Waals surface area (Å²) in [5, 5.41) is 0.183. The van der Waals surface area contributed by atoms with E-state index < -0.39 is 13.9 Å². The standard InChI is InChI=1S/C15H31NO2Si/c1-8-9-10-11-15(5,16-13-17)12-18-19(6,7)14(2,3)4/h8-12H2,1-7H3/t15-/m0/s1. The van der Waals surface area contributed by atoms with Crippen molar-refractivity contribution in [2.24, 2.45) is 4.99 Å². The van der Waals surface area contributed by atoms with E-state index in [1.165, 1.54) is 12.8 Å². The van der Waals surface area contributed by atoms with Gasteiger partial charge in [-0.25, -0.2) is 4.79 Å². The average molecular weight is 286 g/mol. The van der Waals surface area contributed by atoms with Crippen LogP contribution in [-0.4, -0.2) is 26.5 Å². The van der Waals surface area contributed by atoms with Gasteiger partial charge in [0, 0.05) is 0 Å². The molecule has 3 nitrogen and oxygen atoms in total. The first-order chi connectivity index (χ1) is 8.58. The number of hydrogen-bond acceptors (Lipinski definition) is 3. The summed E-state index contributed by atoms with van der Waals surface area (Å²) >= 11 is 0. The van der Waals surface area contributed by atoms with Crippen LogP contribution in [0.25, 0.3) is 0 Å². The van der Waals surface area contributed by atoms with Gasteiger partial charge in [0.25, 0.3) is 0 Å². The molecule has 0 aliphatic heterocycles. The fraction of sp³-hybridized carbons (Fsp3) is 0.933. The summed E-state index contributed by atoms with van der Waals surface area (Å²) in [5.41, 5.74) is -0.410. The van der Waals surface area contributed by atoms with Crippen molar-refractivity contribution < 1.29 is 9.22 Å². The minimum absolute atomic E-state index is 0.183. The van der Waals surface area contributed by atoms with Gasteiger partial charge in [-0.3, -0.25) is 0 Å². The van der Waals surface area contributed by atoms with Crippen LogP contribution in [0, 0.1) is 0 Å². The molecule has 0 aromatic heterocycles. The van der Waals surface area contributed by atoms with Crippen molar-refractivity contribution in [1.29, 1.82) is 0 Å². The van der Waals surface area contributed by atoms with Crippen LogP contribution in [0.4, 0.5) is 0 Å². The first-order valence-electron chi connectivity index (χ1n) is 7.31. The van der Waals surface area contributed by atoms with Gasteiger partial charge in [-0.15, -0.1) is 0 Å². The largest absolute Gasteiger partial charge is 0.414 e. The predicted octanol–water partition coefficient (Wildman–Crippen LogP) is 4.68. The highest BCUT2D eigenvalue weighted by atomic mass is 28.4. The Kier molecular flexibility index (Phi) is 7.20. The molecule has 0 unspecified atom stereocenters. The zero-order valence-corrected chi connectivity index (χ0v) is 14.8. The Morgan fingerprint density at radius 3 is 2.16 bits per heavy atom. The number of carbonyl (C=O) groups excluding carboxylic acids is 1. The van der Waals surface area contributed by atoms with E-state index in [1.54, 1.807) is 6.08 Å². The number of isocyanates is 1. The average Bonchev–Trinajstić information content (AvgIpc) is 2.26. The summed E-state index contributed by atoms with van der Waals surface area (Å²) in [5.74, 6) is 0. The number of unbranched alkanes of at least 4 members (excludes halogenated alkanes) is 2. The molecule has 0 radical (unpaired) electrons. The lowest BCUT2D eigenvalue weighted by molar-refractivity contribution is 0.201.